The topological polar surface area (TPSA) is 38.3 Å². The van der Waals surface area contributed by atoms with Gasteiger partial charge in [0, 0.05) is 12.0 Å². The zero-order valence-corrected chi connectivity index (χ0v) is 10.0. The van der Waals surface area contributed by atoms with Crippen molar-refractivity contribution >= 4 is 5.97 Å². The van der Waals surface area contributed by atoms with E-state index in [0.29, 0.717) is 17.6 Å². The fourth-order valence-corrected chi connectivity index (χ4v) is 2.94. The first-order valence-corrected chi connectivity index (χ1v) is 6.24. The molecular weight excluding hydrogens is 214 g/mol. The van der Waals surface area contributed by atoms with Crippen molar-refractivity contribution < 1.29 is 9.53 Å². The number of nitrogens with one attached hydrogen (secondary N) is 1. The number of benzene rings is 1. The minimum absolute atomic E-state index is 0.228. The van der Waals surface area contributed by atoms with E-state index in [2.05, 4.69) is 17.4 Å². The second-order valence-corrected chi connectivity index (χ2v) is 4.99. The monoisotopic (exact) mass is 231 g/mol. The van der Waals surface area contributed by atoms with Gasteiger partial charge < -0.3 is 10.1 Å². The SMILES string of the molecule is CCOC(=O)c1ccc(C23CNCC2C3)cc1. The average molecular weight is 231 g/mol. The van der Waals surface area contributed by atoms with Gasteiger partial charge in [0.2, 0.25) is 0 Å². The summed E-state index contributed by atoms with van der Waals surface area (Å²) in [6, 6.07) is 7.93. The van der Waals surface area contributed by atoms with Gasteiger partial charge in [-0.05, 0) is 43.5 Å². The van der Waals surface area contributed by atoms with Gasteiger partial charge in [-0.3, -0.25) is 0 Å². The molecule has 1 aliphatic carbocycles. The van der Waals surface area contributed by atoms with Crippen molar-refractivity contribution in [2.24, 2.45) is 5.92 Å². The van der Waals surface area contributed by atoms with Crippen molar-refractivity contribution in [2.45, 2.75) is 18.8 Å². The highest BCUT2D eigenvalue weighted by molar-refractivity contribution is 5.89. The second-order valence-electron chi connectivity index (χ2n) is 4.99. The molecule has 1 heterocycles. The maximum absolute atomic E-state index is 11.5. The van der Waals surface area contributed by atoms with Gasteiger partial charge >= 0.3 is 5.97 Å². The molecule has 0 radical (unpaired) electrons. The van der Waals surface area contributed by atoms with Gasteiger partial charge in [-0.15, -0.1) is 0 Å². The van der Waals surface area contributed by atoms with E-state index < -0.39 is 0 Å². The predicted octanol–water partition coefficient (Wildman–Crippen LogP) is 1.72. The lowest BCUT2D eigenvalue weighted by Crippen LogP contribution is -2.19. The molecule has 1 aromatic rings. The summed E-state index contributed by atoms with van der Waals surface area (Å²) in [6.07, 6.45) is 1.29. The van der Waals surface area contributed by atoms with Gasteiger partial charge in [-0.25, -0.2) is 4.79 Å². The number of piperidine rings is 1. The Labute approximate surface area is 101 Å². The molecule has 17 heavy (non-hydrogen) atoms. The maximum atomic E-state index is 11.5. The molecule has 2 atom stereocenters. The smallest absolute Gasteiger partial charge is 0.338 e. The molecule has 3 nitrogen and oxygen atoms in total. The molecule has 3 rings (SSSR count). The highest BCUT2D eigenvalue weighted by Crippen LogP contribution is 2.56. The average Bonchev–Trinajstić information content (AvgIpc) is 2.93. The van der Waals surface area contributed by atoms with Crippen molar-refractivity contribution in [1.29, 1.82) is 0 Å². The van der Waals surface area contributed by atoms with Gasteiger partial charge in [-0.1, -0.05) is 12.1 Å². The molecular formula is C14H17NO2. The van der Waals surface area contributed by atoms with E-state index in [9.17, 15) is 4.79 Å². The Balaban J connectivity index is 1.79. The van der Waals surface area contributed by atoms with Crippen molar-refractivity contribution in [3.8, 4) is 0 Å². The van der Waals surface area contributed by atoms with Crippen LogP contribution in [0.1, 0.15) is 29.3 Å². The summed E-state index contributed by atoms with van der Waals surface area (Å²) in [5.41, 5.74) is 2.38. The minimum Gasteiger partial charge on any atom is -0.462 e. The Morgan fingerprint density at radius 1 is 1.47 bits per heavy atom. The van der Waals surface area contributed by atoms with Gasteiger partial charge in [0.25, 0.3) is 0 Å². The van der Waals surface area contributed by atoms with Crippen LogP contribution in [0, 0.1) is 5.92 Å². The van der Waals surface area contributed by atoms with Crippen LogP contribution in [0.2, 0.25) is 0 Å². The largest absolute Gasteiger partial charge is 0.462 e. The number of rotatable bonds is 3. The molecule has 2 fully saturated rings. The van der Waals surface area contributed by atoms with Crippen LogP contribution in [0.4, 0.5) is 0 Å². The van der Waals surface area contributed by atoms with E-state index in [1.807, 2.05) is 19.1 Å². The van der Waals surface area contributed by atoms with Crippen LogP contribution in [-0.2, 0) is 10.2 Å². The molecule has 1 N–H and O–H groups in total. The third-order valence-electron chi connectivity index (χ3n) is 4.03. The summed E-state index contributed by atoms with van der Waals surface area (Å²) in [4.78, 5) is 11.5. The fourth-order valence-electron chi connectivity index (χ4n) is 2.94. The molecule has 1 aromatic carbocycles. The van der Waals surface area contributed by atoms with Crippen molar-refractivity contribution in [3.05, 3.63) is 35.4 Å². The van der Waals surface area contributed by atoms with Crippen LogP contribution in [0.25, 0.3) is 0 Å². The maximum Gasteiger partial charge on any atom is 0.338 e. The third kappa shape index (κ3) is 1.65. The van der Waals surface area contributed by atoms with Gasteiger partial charge in [0.05, 0.1) is 12.2 Å². The van der Waals surface area contributed by atoms with Crippen LogP contribution < -0.4 is 5.32 Å². The number of esters is 1. The lowest BCUT2D eigenvalue weighted by Gasteiger charge is -2.12. The van der Waals surface area contributed by atoms with Crippen molar-refractivity contribution in [1.82, 2.24) is 5.32 Å². The first-order chi connectivity index (χ1) is 8.26. The molecule has 1 saturated carbocycles. The van der Waals surface area contributed by atoms with Crippen LogP contribution >= 0.6 is 0 Å². The van der Waals surface area contributed by atoms with E-state index in [1.54, 1.807) is 0 Å². The molecule has 0 aromatic heterocycles. The van der Waals surface area contributed by atoms with E-state index in [0.717, 1.165) is 19.0 Å². The van der Waals surface area contributed by atoms with E-state index in [4.69, 9.17) is 4.74 Å². The lowest BCUT2D eigenvalue weighted by molar-refractivity contribution is 0.0526. The normalized spacial score (nSPS) is 29.8. The summed E-state index contributed by atoms with van der Waals surface area (Å²) in [6.45, 7) is 4.47. The number of ether oxygens (including phenoxy) is 1. The van der Waals surface area contributed by atoms with Crippen LogP contribution in [-0.4, -0.2) is 25.7 Å². The molecule has 2 aliphatic rings. The lowest BCUT2D eigenvalue weighted by atomic mass is 9.94. The molecule has 1 aliphatic heterocycles. The van der Waals surface area contributed by atoms with Gasteiger partial charge in [-0.2, -0.15) is 0 Å². The van der Waals surface area contributed by atoms with E-state index >= 15 is 0 Å². The first kappa shape index (κ1) is 10.8. The Kier molecular flexibility index (Phi) is 2.44. The second kappa shape index (κ2) is 3.84. The van der Waals surface area contributed by atoms with E-state index in [-0.39, 0.29) is 5.97 Å². The standard InChI is InChI=1S/C14H17NO2/c1-2-17-13(16)10-3-5-11(6-4-10)14-7-12(14)8-15-9-14/h3-6,12,15H,2,7-9H2,1H3. The quantitative estimate of drug-likeness (QED) is 0.805. The summed E-state index contributed by atoms with van der Waals surface area (Å²) < 4.78 is 4.98. The highest BCUT2D eigenvalue weighted by Gasteiger charge is 2.57. The Bertz CT molecular complexity index is 440. The summed E-state index contributed by atoms with van der Waals surface area (Å²) in [5, 5.41) is 3.43. The third-order valence-corrected chi connectivity index (χ3v) is 4.03. The predicted molar refractivity (Wildman–Crippen MR) is 65.1 cm³/mol. The van der Waals surface area contributed by atoms with Gasteiger partial charge in [0.15, 0.2) is 0 Å². The van der Waals surface area contributed by atoms with Crippen LogP contribution in [0.5, 0.6) is 0 Å². The first-order valence-electron chi connectivity index (χ1n) is 6.24. The Morgan fingerprint density at radius 2 is 2.24 bits per heavy atom. The zero-order chi connectivity index (χ0) is 11.9. The highest BCUT2D eigenvalue weighted by atomic mass is 16.5. The Morgan fingerprint density at radius 3 is 2.76 bits per heavy atom. The number of fused-ring (bicyclic) bond motifs is 1. The fraction of sp³-hybridized carbons (Fsp3) is 0.500. The van der Waals surface area contributed by atoms with Crippen molar-refractivity contribution in [3.63, 3.8) is 0 Å². The molecule has 2 unspecified atom stereocenters. The molecule has 0 bridgehead atoms. The number of carbonyl (C=O) groups excluding carboxylic acids is 1. The molecule has 3 heteroatoms. The van der Waals surface area contributed by atoms with Crippen LogP contribution in [0.15, 0.2) is 24.3 Å². The summed E-state index contributed by atoms with van der Waals surface area (Å²) in [7, 11) is 0. The zero-order valence-electron chi connectivity index (χ0n) is 10.0. The Hall–Kier alpha value is -1.35. The molecule has 0 amide bonds. The number of hydrogen-bond acceptors (Lipinski definition) is 3. The van der Waals surface area contributed by atoms with Crippen LogP contribution in [0.3, 0.4) is 0 Å². The van der Waals surface area contributed by atoms with Gasteiger partial charge in [0.1, 0.15) is 0 Å². The number of hydrogen-bond donors (Lipinski definition) is 1. The van der Waals surface area contributed by atoms with Crippen molar-refractivity contribution in [2.75, 3.05) is 19.7 Å². The molecule has 90 valence electrons. The summed E-state index contributed by atoms with van der Waals surface area (Å²) in [5.74, 6) is 0.574. The summed E-state index contributed by atoms with van der Waals surface area (Å²) >= 11 is 0. The molecule has 0 spiro atoms. The molecule has 1 saturated heterocycles. The van der Waals surface area contributed by atoms with E-state index in [1.165, 1.54) is 12.0 Å². The number of carbonyl (C=O) groups is 1. The minimum atomic E-state index is -0.228.